The fourth-order valence-corrected chi connectivity index (χ4v) is 1.62. The number of hydrogen-bond acceptors (Lipinski definition) is 5. The SMILES string of the molecule is CNc1ncnc(N(C)C(C)C(C)C)c1OC. The van der Waals surface area contributed by atoms with Gasteiger partial charge in [-0.15, -0.1) is 0 Å². The van der Waals surface area contributed by atoms with Crippen LogP contribution in [0.5, 0.6) is 5.75 Å². The molecule has 0 amide bonds. The highest BCUT2D eigenvalue weighted by molar-refractivity contribution is 5.64. The minimum atomic E-state index is 0.378. The van der Waals surface area contributed by atoms with E-state index in [-0.39, 0.29) is 0 Å². The molecule has 1 rings (SSSR count). The number of aromatic nitrogens is 2. The predicted octanol–water partition coefficient (Wildman–Crippen LogP) is 2.01. The van der Waals surface area contributed by atoms with Crippen molar-refractivity contribution in [3.05, 3.63) is 6.33 Å². The molecule has 0 radical (unpaired) electrons. The summed E-state index contributed by atoms with van der Waals surface area (Å²) in [6.07, 6.45) is 1.55. The van der Waals surface area contributed by atoms with Crippen molar-refractivity contribution in [2.45, 2.75) is 26.8 Å². The number of nitrogens with one attached hydrogen (secondary N) is 1. The molecule has 0 aliphatic heterocycles. The molecule has 1 aromatic heterocycles. The summed E-state index contributed by atoms with van der Waals surface area (Å²) in [5.74, 6) is 2.75. The topological polar surface area (TPSA) is 50.3 Å². The van der Waals surface area contributed by atoms with E-state index < -0.39 is 0 Å². The van der Waals surface area contributed by atoms with Gasteiger partial charge in [-0.25, -0.2) is 9.97 Å². The predicted molar refractivity (Wildman–Crippen MR) is 70.8 cm³/mol. The van der Waals surface area contributed by atoms with Crippen LogP contribution in [-0.4, -0.2) is 37.2 Å². The molecule has 1 N–H and O–H groups in total. The summed E-state index contributed by atoms with van der Waals surface area (Å²) < 4.78 is 5.39. The van der Waals surface area contributed by atoms with Gasteiger partial charge in [0.15, 0.2) is 11.6 Å². The molecule has 0 saturated heterocycles. The molecule has 5 heteroatoms. The number of nitrogens with zero attached hydrogens (tertiary/aromatic N) is 3. The summed E-state index contributed by atoms with van der Waals surface area (Å²) in [6.45, 7) is 6.55. The third-order valence-electron chi connectivity index (χ3n) is 3.14. The molecule has 1 atom stereocenters. The summed E-state index contributed by atoms with van der Waals surface area (Å²) in [6, 6.07) is 0.378. The monoisotopic (exact) mass is 238 g/mol. The highest BCUT2D eigenvalue weighted by Crippen LogP contribution is 2.32. The molecule has 1 unspecified atom stereocenters. The Morgan fingerprint density at radius 2 is 1.94 bits per heavy atom. The lowest BCUT2D eigenvalue weighted by molar-refractivity contribution is 0.408. The lowest BCUT2D eigenvalue weighted by Gasteiger charge is -2.30. The van der Waals surface area contributed by atoms with Crippen molar-refractivity contribution >= 4 is 11.6 Å². The van der Waals surface area contributed by atoms with Gasteiger partial charge in [0, 0.05) is 20.1 Å². The van der Waals surface area contributed by atoms with E-state index in [1.165, 1.54) is 0 Å². The number of rotatable bonds is 5. The van der Waals surface area contributed by atoms with Crippen LogP contribution in [0.3, 0.4) is 0 Å². The van der Waals surface area contributed by atoms with E-state index in [4.69, 9.17) is 4.74 Å². The van der Waals surface area contributed by atoms with Crippen LogP contribution in [-0.2, 0) is 0 Å². The molecule has 5 nitrogen and oxygen atoms in total. The van der Waals surface area contributed by atoms with Crippen molar-refractivity contribution < 1.29 is 4.74 Å². The zero-order chi connectivity index (χ0) is 13.0. The van der Waals surface area contributed by atoms with Gasteiger partial charge in [-0.1, -0.05) is 13.8 Å². The molecular weight excluding hydrogens is 216 g/mol. The molecule has 0 aliphatic carbocycles. The Morgan fingerprint density at radius 1 is 1.29 bits per heavy atom. The normalized spacial score (nSPS) is 12.4. The second-order valence-corrected chi connectivity index (χ2v) is 4.42. The second kappa shape index (κ2) is 5.70. The van der Waals surface area contributed by atoms with Crippen LogP contribution in [0.25, 0.3) is 0 Å². The maximum atomic E-state index is 5.39. The van der Waals surface area contributed by atoms with E-state index in [0.717, 1.165) is 5.82 Å². The van der Waals surface area contributed by atoms with E-state index in [1.807, 2.05) is 14.1 Å². The highest BCUT2D eigenvalue weighted by Gasteiger charge is 2.20. The van der Waals surface area contributed by atoms with E-state index >= 15 is 0 Å². The van der Waals surface area contributed by atoms with E-state index in [1.54, 1.807) is 13.4 Å². The van der Waals surface area contributed by atoms with Crippen LogP contribution in [0, 0.1) is 5.92 Å². The van der Waals surface area contributed by atoms with Crippen molar-refractivity contribution in [3.8, 4) is 5.75 Å². The second-order valence-electron chi connectivity index (χ2n) is 4.42. The van der Waals surface area contributed by atoms with Gasteiger partial charge in [-0.2, -0.15) is 0 Å². The molecular formula is C12H22N4O. The van der Waals surface area contributed by atoms with Gasteiger partial charge in [0.05, 0.1) is 7.11 Å². The fraction of sp³-hybridized carbons (Fsp3) is 0.667. The first kappa shape index (κ1) is 13.5. The third kappa shape index (κ3) is 2.78. The zero-order valence-corrected chi connectivity index (χ0v) is 11.5. The van der Waals surface area contributed by atoms with Gasteiger partial charge >= 0.3 is 0 Å². The van der Waals surface area contributed by atoms with Crippen molar-refractivity contribution in [2.24, 2.45) is 5.92 Å². The van der Waals surface area contributed by atoms with E-state index in [2.05, 4.69) is 41.0 Å². The first-order chi connectivity index (χ1) is 8.02. The van der Waals surface area contributed by atoms with Crippen LogP contribution in [0.4, 0.5) is 11.6 Å². The van der Waals surface area contributed by atoms with Gasteiger partial charge < -0.3 is 15.0 Å². The lowest BCUT2D eigenvalue weighted by Crippen LogP contribution is -2.34. The van der Waals surface area contributed by atoms with Gasteiger partial charge in [0.25, 0.3) is 0 Å². The molecule has 0 saturated carbocycles. The van der Waals surface area contributed by atoms with Crippen LogP contribution in [0.15, 0.2) is 6.33 Å². The standard InChI is InChI=1S/C12H22N4O/c1-8(2)9(3)16(5)12-10(17-6)11(13-4)14-7-15-12/h7-9H,1-6H3,(H,13,14,15). The van der Waals surface area contributed by atoms with E-state index in [9.17, 15) is 0 Å². The van der Waals surface area contributed by atoms with Gasteiger partial charge in [0.2, 0.25) is 5.75 Å². The quantitative estimate of drug-likeness (QED) is 0.850. The van der Waals surface area contributed by atoms with Gasteiger partial charge in [0.1, 0.15) is 6.33 Å². The van der Waals surface area contributed by atoms with Gasteiger partial charge in [-0.3, -0.25) is 0 Å². The number of anilines is 2. The summed E-state index contributed by atoms with van der Waals surface area (Å²) in [5.41, 5.74) is 0. The summed E-state index contributed by atoms with van der Waals surface area (Å²) >= 11 is 0. The number of hydrogen-bond donors (Lipinski definition) is 1. The van der Waals surface area contributed by atoms with E-state index in [0.29, 0.717) is 23.5 Å². The molecule has 0 spiro atoms. The Hall–Kier alpha value is -1.52. The van der Waals surface area contributed by atoms with Gasteiger partial charge in [-0.05, 0) is 12.8 Å². The van der Waals surface area contributed by atoms with Crippen LogP contribution in [0.1, 0.15) is 20.8 Å². The maximum absolute atomic E-state index is 5.39. The Labute approximate surface area is 103 Å². The van der Waals surface area contributed by atoms with Crippen molar-refractivity contribution in [3.63, 3.8) is 0 Å². The fourth-order valence-electron chi connectivity index (χ4n) is 1.62. The highest BCUT2D eigenvalue weighted by atomic mass is 16.5. The van der Waals surface area contributed by atoms with Crippen molar-refractivity contribution in [2.75, 3.05) is 31.4 Å². The Kier molecular flexibility index (Phi) is 4.54. The molecule has 1 heterocycles. The van der Waals surface area contributed by atoms with Crippen LogP contribution < -0.4 is 15.0 Å². The first-order valence-corrected chi connectivity index (χ1v) is 5.82. The Balaban J connectivity index is 3.12. The summed E-state index contributed by atoms with van der Waals surface area (Å²) in [7, 11) is 5.48. The number of ether oxygens (including phenoxy) is 1. The Morgan fingerprint density at radius 3 is 2.41 bits per heavy atom. The number of methoxy groups -OCH3 is 1. The molecule has 17 heavy (non-hydrogen) atoms. The molecule has 96 valence electrons. The van der Waals surface area contributed by atoms with Crippen LogP contribution >= 0.6 is 0 Å². The van der Waals surface area contributed by atoms with Crippen molar-refractivity contribution in [1.29, 1.82) is 0 Å². The maximum Gasteiger partial charge on any atom is 0.204 e. The van der Waals surface area contributed by atoms with Crippen molar-refractivity contribution in [1.82, 2.24) is 9.97 Å². The average Bonchev–Trinajstić information content (AvgIpc) is 2.35. The first-order valence-electron chi connectivity index (χ1n) is 5.82. The molecule has 0 fully saturated rings. The molecule has 0 aliphatic rings. The minimum absolute atomic E-state index is 0.378. The summed E-state index contributed by atoms with van der Waals surface area (Å²) in [5, 5.41) is 3.01. The largest absolute Gasteiger partial charge is 0.490 e. The third-order valence-corrected chi connectivity index (χ3v) is 3.14. The Bertz CT molecular complexity index is 368. The average molecular weight is 238 g/mol. The molecule has 0 aromatic carbocycles. The smallest absolute Gasteiger partial charge is 0.204 e. The zero-order valence-electron chi connectivity index (χ0n) is 11.5. The lowest BCUT2D eigenvalue weighted by atomic mass is 10.1. The molecule has 1 aromatic rings. The summed E-state index contributed by atoms with van der Waals surface area (Å²) in [4.78, 5) is 10.6. The molecule has 0 bridgehead atoms. The minimum Gasteiger partial charge on any atom is -0.490 e. The van der Waals surface area contributed by atoms with Crippen LogP contribution in [0.2, 0.25) is 0 Å².